The second-order valence-corrected chi connectivity index (χ2v) is 4.79. The highest BCUT2D eigenvalue weighted by molar-refractivity contribution is 6.21. The Bertz CT molecular complexity index is 553. The molecular formula is C15H19N2O4+. The van der Waals surface area contributed by atoms with E-state index in [1.807, 2.05) is 12.2 Å². The van der Waals surface area contributed by atoms with Crippen LogP contribution < -0.4 is 10.2 Å². The van der Waals surface area contributed by atoms with Crippen molar-refractivity contribution in [2.45, 2.75) is 26.3 Å². The van der Waals surface area contributed by atoms with Gasteiger partial charge in [0.25, 0.3) is 5.91 Å². The molecule has 0 saturated carbocycles. The smallest absolute Gasteiger partial charge is 0.338 e. The minimum Gasteiger partial charge on any atom is -0.462 e. The summed E-state index contributed by atoms with van der Waals surface area (Å²) in [6, 6.07) is 5.97. The second-order valence-electron chi connectivity index (χ2n) is 4.79. The van der Waals surface area contributed by atoms with Crippen LogP contribution in [-0.4, -0.2) is 37.0 Å². The molecule has 2 N–H and O–H groups in total. The van der Waals surface area contributed by atoms with E-state index in [0.717, 1.165) is 6.54 Å². The van der Waals surface area contributed by atoms with Crippen molar-refractivity contribution in [2.24, 2.45) is 0 Å². The Morgan fingerprint density at radius 1 is 1.29 bits per heavy atom. The second kappa shape index (κ2) is 6.49. The number of carbonyl (C=O) groups is 3. The van der Waals surface area contributed by atoms with Crippen LogP contribution in [0.4, 0.5) is 5.69 Å². The first-order valence-electron chi connectivity index (χ1n) is 7.05. The predicted molar refractivity (Wildman–Crippen MR) is 75.8 cm³/mol. The number of nitrogens with zero attached hydrogens (tertiary/aromatic N) is 1. The molecule has 0 aliphatic carbocycles. The van der Waals surface area contributed by atoms with E-state index < -0.39 is 5.97 Å². The van der Waals surface area contributed by atoms with Gasteiger partial charge in [0.1, 0.15) is 0 Å². The van der Waals surface area contributed by atoms with Crippen LogP contribution in [0.25, 0.3) is 0 Å². The van der Waals surface area contributed by atoms with Crippen LogP contribution in [0.15, 0.2) is 24.3 Å². The van der Waals surface area contributed by atoms with Crippen molar-refractivity contribution in [1.29, 1.82) is 0 Å². The molecule has 21 heavy (non-hydrogen) atoms. The number of imide groups is 1. The lowest BCUT2D eigenvalue weighted by Crippen LogP contribution is -2.91. The molecule has 1 saturated heterocycles. The Balaban J connectivity index is 2.17. The molecule has 1 heterocycles. The highest BCUT2D eigenvalue weighted by atomic mass is 16.5. The standard InChI is InChI=1S/C15H18N2O4/c1-3-16-12-9-13(18)17(14(12)19)11-7-5-10(6-8-11)15(20)21-4-2/h5-8,12,16H,3-4,9H2,1-2H3/p+1/t12-/m0/s1. The summed E-state index contributed by atoms with van der Waals surface area (Å²) in [5, 5.41) is 1.85. The number of ether oxygens (including phenoxy) is 1. The van der Waals surface area contributed by atoms with Gasteiger partial charge in [-0.25, -0.2) is 9.69 Å². The number of nitrogens with two attached hydrogens (primary N) is 1. The number of benzene rings is 1. The number of carbonyl (C=O) groups excluding carboxylic acids is 3. The number of anilines is 1. The highest BCUT2D eigenvalue weighted by Crippen LogP contribution is 2.22. The molecular weight excluding hydrogens is 272 g/mol. The topological polar surface area (TPSA) is 80.3 Å². The van der Waals surface area contributed by atoms with Gasteiger partial charge < -0.3 is 10.1 Å². The summed E-state index contributed by atoms with van der Waals surface area (Å²) < 4.78 is 4.89. The van der Waals surface area contributed by atoms with Crippen LogP contribution in [-0.2, 0) is 14.3 Å². The Morgan fingerprint density at radius 3 is 2.52 bits per heavy atom. The van der Waals surface area contributed by atoms with Gasteiger partial charge in [-0.2, -0.15) is 0 Å². The molecule has 0 bridgehead atoms. The number of hydrogen-bond donors (Lipinski definition) is 1. The number of quaternary nitrogens is 1. The van der Waals surface area contributed by atoms with E-state index in [4.69, 9.17) is 4.74 Å². The van der Waals surface area contributed by atoms with E-state index in [1.165, 1.54) is 4.90 Å². The van der Waals surface area contributed by atoms with Gasteiger partial charge in [-0.05, 0) is 38.1 Å². The Labute approximate surface area is 123 Å². The van der Waals surface area contributed by atoms with Crippen molar-refractivity contribution in [1.82, 2.24) is 0 Å². The Kier molecular flexibility index (Phi) is 4.70. The number of esters is 1. The zero-order valence-corrected chi connectivity index (χ0v) is 12.2. The average Bonchev–Trinajstić information content (AvgIpc) is 2.74. The number of rotatable bonds is 5. The van der Waals surface area contributed by atoms with E-state index in [0.29, 0.717) is 17.9 Å². The van der Waals surface area contributed by atoms with Crippen LogP contribution in [0.3, 0.4) is 0 Å². The van der Waals surface area contributed by atoms with Crippen LogP contribution in [0.1, 0.15) is 30.6 Å². The number of amides is 2. The van der Waals surface area contributed by atoms with E-state index in [1.54, 1.807) is 31.2 Å². The molecule has 0 radical (unpaired) electrons. The summed E-state index contributed by atoms with van der Waals surface area (Å²) in [6.07, 6.45) is 0.215. The van der Waals surface area contributed by atoms with E-state index >= 15 is 0 Å². The van der Waals surface area contributed by atoms with Gasteiger partial charge in [-0.1, -0.05) is 0 Å². The summed E-state index contributed by atoms with van der Waals surface area (Å²) in [5.41, 5.74) is 0.890. The van der Waals surface area contributed by atoms with Gasteiger partial charge >= 0.3 is 5.97 Å². The highest BCUT2D eigenvalue weighted by Gasteiger charge is 2.41. The van der Waals surface area contributed by atoms with Gasteiger partial charge in [0.05, 0.1) is 30.8 Å². The number of likely N-dealkylation sites (N-methyl/N-ethyl adjacent to an activating group) is 1. The van der Waals surface area contributed by atoms with Gasteiger partial charge in [-0.3, -0.25) is 9.59 Å². The minimum atomic E-state index is -0.416. The van der Waals surface area contributed by atoms with E-state index in [2.05, 4.69) is 0 Å². The number of hydrogen-bond acceptors (Lipinski definition) is 4. The lowest BCUT2D eigenvalue weighted by atomic mass is 10.2. The van der Waals surface area contributed by atoms with Gasteiger partial charge in [0.2, 0.25) is 5.91 Å². The van der Waals surface area contributed by atoms with Crippen LogP contribution in [0.5, 0.6) is 0 Å². The fourth-order valence-electron chi connectivity index (χ4n) is 2.36. The molecule has 2 amide bonds. The minimum absolute atomic E-state index is 0.203. The molecule has 1 fully saturated rings. The molecule has 1 aliphatic rings. The summed E-state index contributed by atoms with van der Waals surface area (Å²) >= 11 is 0. The summed E-state index contributed by atoms with van der Waals surface area (Å²) in [5.74, 6) is -0.829. The SMILES string of the molecule is CC[NH2+][C@H]1CC(=O)N(c2ccc(C(=O)OCC)cc2)C1=O. The van der Waals surface area contributed by atoms with E-state index in [9.17, 15) is 14.4 Å². The fraction of sp³-hybridized carbons (Fsp3) is 0.400. The molecule has 0 aromatic heterocycles. The third kappa shape index (κ3) is 3.11. The molecule has 2 rings (SSSR count). The summed E-state index contributed by atoms with van der Waals surface area (Å²) in [7, 11) is 0. The molecule has 6 heteroatoms. The first-order valence-corrected chi connectivity index (χ1v) is 7.05. The quantitative estimate of drug-likeness (QED) is 0.615. The molecule has 112 valence electrons. The molecule has 1 atom stereocenters. The molecule has 1 aromatic carbocycles. The maximum atomic E-state index is 12.2. The van der Waals surface area contributed by atoms with Crippen LogP contribution >= 0.6 is 0 Å². The third-order valence-corrected chi connectivity index (χ3v) is 3.34. The van der Waals surface area contributed by atoms with Crippen molar-refractivity contribution < 1.29 is 24.4 Å². The lowest BCUT2D eigenvalue weighted by Gasteiger charge is -2.14. The molecule has 0 spiro atoms. The fourth-order valence-corrected chi connectivity index (χ4v) is 2.36. The van der Waals surface area contributed by atoms with Crippen LogP contribution in [0, 0.1) is 0 Å². The molecule has 1 aliphatic heterocycles. The maximum Gasteiger partial charge on any atom is 0.338 e. The molecule has 6 nitrogen and oxygen atoms in total. The van der Waals surface area contributed by atoms with Crippen molar-refractivity contribution in [3.05, 3.63) is 29.8 Å². The average molecular weight is 291 g/mol. The molecule has 1 aromatic rings. The van der Waals surface area contributed by atoms with Crippen molar-refractivity contribution in [3.8, 4) is 0 Å². The zero-order chi connectivity index (χ0) is 15.4. The third-order valence-electron chi connectivity index (χ3n) is 3.34. The molecule has 0 unspecified atom stereocenters. The van der Waals surface area contributed by atoms with Crippen LogP contribution in [0.2, 0.25) is 0 Å². The van der Waals surface area contributed by atoms with Gasteiger partial charge in [0.15, 0.2) is 6.04 Å². The largest absolute Gasteiger partial charge is 0.462 e. The Hall–Kier alpha value is -2.21. The Morgan fingerprint density at radius 2 is 1.95 bits per heavy atom. The van der Waals surface area contributed by atoms with Gasteiger partial charge in [-0.15, -0.1) is 0 Å². The predicted octanol–water partition coefficient (Wildman–Crippen LogP) is 0.0785. The lowest BCUT2D eigenvalue weighted by molar-refractivity contribution is -0.671. The zero-order valence-electron chi connectivity index (χ0n) is 12.2. The van der Waals surface area contributed by atoms with Crippen molar-refractivity contribution in [2.75, 3.05) is 18.1 Å². The van der Waals surface area contributed by atoms with Crippen molar-refractivity contribution >= 4 is 23.5 Å². The van der Waals surface area contributed by atoms with Crippen molar-refractivity contribution in [3.63, 3.8) is 0 Å². The maximum absolute atomic E-state index is 12.2. The summed E-state index contributed by atoms with van der Waals surface area (Å²) in [6.45, 7) is 4.73. The van der Waals surface area contributed by atoms with E-state index in [-0.39, 0.29) is 24.3 Å². The normalized spacial score (nSPS) is 18.2. The van der Waals surface area contributed by atoms with Gasteiger partial charge in [0, 0.05) is 0 Å². The first-order chi connectivity index (χ1) is 10.1. The first kappa shape index (κ1) is 15.2. The summed E-state index contributed by atoms with van der Waals surface area (Å²) in [4.78, 5) is 36.9. The monoisotopic (exact) mass is 291 g/mol.